The van der Waals surface area contributed by atoms with Crippen LogP contribution in [0.5, 0.6) is 10.9 Å². The van der Waals surface area contributed by atoms with E-state index in [4.69, 9.17) is 9.84 Å². The topological polar surface area (TPSA) is 72.3 Å². The Balaban J connectivity index is 2.29. The molecule has 1 aromatic heterocycles. The molecule has 0 saturated heterocycles. The van der Waals surface area contributed by atoms with Crippen molar-refractivity contribution in [3.63, 3.8) is 0 Å². The number of aromatic nitrogens is 2. The van der Waals surface area contributed by atoms with Crippen LogP contribution in [-0.2, 0) is 6.18 Å². The second-order valence-electron chi connectivity index (χ2n) is 3.72. The number of carboxylic acid groups (broad SMARTS) is 1. The minimum atomic E-state index is -4.64. The third-order valence-electron chi connectivity index (χ3n) is 2.37. The molecule has 0 aliphatic rings. The summed E-state index contributed by atoms with van der Waals surface area (Å²) < 4.78 is 45.3. The van der Waals surface area contributed by atoms with Crippen LogP contribution in [-0.4, -0.2) is 20.4 Å². The predicted molar refractivity (Wildman–Crippen MR) is 63.1 cm³/mol. The van der Waals surface area contributed by atoms with Gasteiger partial charge in [0.15, 0.2) is 0 Å². The van der Waals surface area contributed by atoms with Crippen molar-refractivity contribution in [3.05, 3.63) is 35.2 Å². The molecular formula is C11H7F3N2O3S. The maximum absolute atomic E-state index is 12.3. The maximum atomic E-state index is 12.3. The fourth-order valence-corrected chi connectivity index (χ4v) is 1.98. The van der Waals surface area contributed by atoms with Crippen LogP contribution in [0.3, 0.4) is 0 Å². The van der Waals surface area contributed by atoms with Crippen molar-refractivity contribution in [3.8, 4) is 10.9 Å². The zero-order chi connectivity index (χ0) is 14.9. The van der Waals surface area contributed by atoms with E-state index in [1.165, 1.54) is 25.1 Å². The van der Waals surface area contributed by atoms with Crippen molar-refractivity contribution in [1.82, 2.24) is 9.36 Å². The molecule has 0 bridgehead atoms. The van der Waals surface area contributed by atoms with Crippen molar-refractivity contribution in [2.45, 2.75) is 13.1 Å². The van der Waals surface area contributed by atoms with Crippen molar-refractivity contribution in [2.75, 3.05) is 0 Å². The van der Waals surface area contributed by atoms with Crippen LogP contribution in [0.1, 0.15) is 21.7 Å². The van der Waals surface area contributed by atoms with Crippen LogP contribution in [0.25, 0.3) is 0 Å². The molecule has 9 heteroatoms. The summed E-state index contributed by atoms with van der Waals surface area (Å²) in [5.41, 5.74) is 0.298. The van der Waals surface area contributed by atoms with Gasteiger partial charge in [-0.1, -0.05) is 6.07 Å². The Labute approximate surface area is 114 Å². The van der Waals surface area contributed by atoms with Crippen LogP contribution in [0.15, 0.2) is 18.2 Å². The molecule has 0 aliphatic carbocycles. The highest BCUT2D eigenvalue weighted by molar-refractivity contribution is 7.07. The minimum absolute atomic E-state index is 0.00283. The summed E-state index contributed by atoms with van der Waals surface area (Å²) in [7, 11) is 0. The van der Waals surface area contributed by atoms with E-state index >= 15 is 0 Å². The number of aromatic carboxylic acids is 1. The molecule has 0 radical (unpaired) electrons. The molecule has 2 aromatic rings. The summed E-state index contributed by atoms with van der Waals surface area (Å²) in [4.78, 5) is 14.1. The van der Waals surface area contributed by atoms with Gasteiger partial charge in [-0.2, -0.15) is 22.5 Å². The van der Waals surface area contributed by atoms with Gasteiger partial charge < -0.3 is 9.84 Å². The van der Waals surface area contributed by atoms with Crippen LogP contribution in [0, 0.1) is 6.92 Å². The molecule has 0 unspecified atom stereocenters. The summed E-state index contributed by atoms with van der Waals surface area (Å²) in [5.74, 6) is -2.32. The zero-order valence-corrected chi connectivity index (χ0v) is 10.7. The molecule has 0 spiro atoms. The van der Waals surface area contributed by atoms with E-state index in [1.807, 2.05) is 0 Å². The summed E-state index contributed by atoms with van der Waals surface area (Å²) in [6.07, 6.45) is -4.64. The third-order valence-corrected chi connectivity index (χ3v) is 2.97. The molecule has 0 fully saturated rings. The average Bonchev–Trinajstić information content (AvgIpc) is 2.80. The Kier molecular flexibility index (Phi) is 3.62. The second-order valence-corrected chi connectivity index (χ2v) is 4.43. The summed E-state index contributed by atoms with van der Waals surface area (Å²) in [6.45, 7) is 1.49. The molecule has 20 heavy (non-hydrogen) atoms. The fourth-order valence-electron chi connectivity index (χ4n) is 1.42. The highest BCUT2D eigenvalue weighted by atomic mass is 32.1. The van der Waals surface area contributed by atoms with E-state index in [1.54, 1.807) is 0 Å². The molecule has 1 aromatic carbocycles. The van der Waals surface area contributed by atoms with Crippen molar-refractivity contribution >= 4 is 17.5 Å². The van der Waals surface area contributed by atoms with Gasteiger partial charge in [0.05, 0.1) is 5.56 Å². The van der Waals surface area contributed by atoms with Crippen LogP contribution in [0.2, 0.25) is 0 Å². The van der Waals surface area contributed by atoms with E-state index in [-0.39, 0.29) is 16.5 Å². The lowest BCUT2D eigenvalue weighted by atomic mass is 10.1. The van der Waals surface area contributed by atoms with Gasteiger partial charge in [-0.05, 0) is 19.1 Å². The van der Waals surface area contributed by atoms with Crippen LogP contribution >= 0.6 is 11.5 Å². The molecule has 0 aliphatic heterocycles. The molecule has 1 N–H and O–H groups in total. The van der Waals surface area contributed by atoms with Gasteiger partial charge >= 0.3 is 12.1 Å². The molecule has 2 rings (SSSR count). The van der Waals surface area contributed by atoms with Crippen molar-refractivity contribution < 1.29 is 27.8 Å². The number of benzene rings is 1. The molecule has 0 atom stereocenters. The Morgan fingerprint density at radius 2 is 2.10 bits per heavy atom. The molecule has 1 heterocycles. The Morgan fingerprint density at radius 1 is 1.40 bits per heavy atom. The van der Waals surface area contributed by atoms with Gasteiger partial charge in [-0.25, -0.2) is 4.79 Å². The number of hydrogen-bond donors (Lipinski definition) is 1. The molecule has 106 valence electrons. The van der Waals surface area contributed by atoms with Gasteiger partial charge in [0.25, 0.3) is 11.0 Å². The van der Waals surface area contributed by atoms with Gasteiger partial charge in [0.2, 0.25) is 0 Å². The van der Waals surface area contributed by atoms with E-state index < -0.39 is 18.0 Å². The van der Waals surface area contributed by atoms with E-state index in [0.717, 1.165) is 0 Å². The lowest BCUT2D eigenvalue weighted by Gasteiger charge is -2.07. The SMILES string of the molecule is Cc1c(Oc2nc(C(F)(F)F)ns2)cccc1C(=O)O. The van der Waals surface area contributed by atoms with E-state index in [9.17, 15) is 18.0 Å². The third kappa shape index (κ3) is 2.87. The Hall–Kier alpha value is -2.16. The first kappa shape index (κ1) is 14.3. The van der Waals surface area contributed by atoms with Gasteiger partial charge in [-0.3, -0.25) is 0 Å². The normalized spacial score (nSPS) is 11.4. The Bertz CT molecular complexity index is 655. The summed E-state index contributed by atoms with van der Waals surface area (Å²) in [6, 6.07) is 4.24. The van der Waals surface area contributed by atoms with Gasteiger partial charge in [0.1, 0.15) is 5.75 Å². The van der Waals surface area contributed by atoms with Crippen molar-refractivity contribution in [2.24, 2.45) is 0 Å². The maximum Gasteiger partial charge on any atom is 0.452 e. The largest absolute Gasteiger partial charge is 0.478 e. The van der Waals surface area contributed by atoms with Crippen LogP contribution < -0.4 is 4.74 Å². The number of carboxylic acids is 1. The first-order chi connectivity index (χ1) is 9.29. The monoisotopic (exact) mass is 304 g/mol. The number of halogens is 3. The highest BCUT2D eigenvalue weighted by Gasteiger charge is 2.36. The lowest BCUT2D eigenvalue weighted by molar-refractivity contribution is -0.144. The second kappa shape index (κ2) is 5.08. The Morgan fingerprint density at radius 3 is 2.65 bits per heavy atom. The number of alkyl halides is 3. The lowest BCUT2D eigenvalue weighted by Crippen LogP contribution is -2.07. The van der Waals surface area contributed by atoms with E-state index in [2.05, 4.69) is 9.36 Å². The number of carbonyl (C=O) groups is 1. The number of rotatable bonds is 3. The molecule has 0 saturated carbocycles. The molecule has 0 amide bonds. The number of ether oxygens (including phenoxy) is 1. The first-order valence-corrected chi connectivity index (χ1v) is 5.98. The summed E-state index contributed by atoms with van der Waals surface area (Å²) >= 11 is 0.443. The molecular weight excluding hydrogens is 297 g/mol. The first-order valence-electron chi connectivity index (χ1n) is 5.20. The van der Waals surface area contributed by atoms with Crippen molar-refractivity contribution in [1.29, 1.82) is 0 Å². The smallest absolute Gasteiger partial charge is 0.452 e. The summed E-state index contributed by atoms with van der Waals surface area (Å²) in [5, 5.41) is 8.63. The zero-order valence-electron chi connectivity index (χ0n) is 9.93. The number of nitrogens with zero attached hydrogens (tertiary/aromatic N) is 2. The molecule has 5 nitrogen and oxygen atoms in total. The minimum Gasteiger partial charge on any atom is -0.478 e. The predicted octanol–water partition coefficient (Wildman–Crippen LogP) is 3.36. The standard InChI is InChI=1S/C11H7F3N2O3S/c1-5-6(8(17)18)3-2-4-7(5)19-10-15-9(16-20-10)11(12,13)14/h2-4H,1H3,(H,17,18). The van der Waals surface area contributed by atoms with Crippen LogP contribution in [0.4, 0.5) is 13.2 Å². The van der Waals surface area contributed by atoms with Gasteiger partial charge in [-0.15, -0.1) is 0 Å². The number of hydrogen-bond acceptors (Lipinski definition) is 5. The highest BCUT2D eigenvalue weighted by Crippen LogP contribution is 2.33. The van der Waals surface area contributed by atoms with E-state index in [0.29, 0.717) is 17.1 Å². The van der Waals surface area contributed by atoms with Gasteiger partial charge in [0, 0.05) is 17.1 Å². The average molecular weight is 304 g/mol. The fraction of sp³-hybridized carbons (Fsp3) is 0.182. The quantitative estimate of drug-likeness (QED) is 0.941.